The molecule has 0 amide bonds. The molecule has 6 rings (SSSR count). The quantitative estimate of drug-likeness (QED) is 0.262. The summed E-state index contributed by atoms with van der Waals surface area (Å²) in [5.41, 5.74) is -4.65. The minimum atomic E-state index is -2.11. The Kier molecular flexibility index (Phi) is 9.48. The summed E-state index contributed by atoms with van der Waals surface area (Å²) in [6, 6.07) is 0.645. The number of aliphatic hydroxyl groups excluding tert-OH is 1. The van der Waals surface area contributed by atoms with Crippen LogP contribution in [0.3, 0.4) is 0 Å². The van der Waals surface area contributed by atoms with E-state index in [1.165, 1.54) is 0 Å². The molecule has 0 aromatic carbocycles. The maximum Gasteiger partial charge on any atom is 0.312 e. The van der Waals surface area contributed by atoms with Gasteiger partial charge in [0.2, 0.25) is 5.78 Å². The van der Waals surface area contributed by atoms with E-state index < -0.39 is 82.9 Å². The van der Waals surface area contributed by atoms with Gasteiger partial charge in [-0.05, 0) is 87.7 Å². The van der Waals surface area contributed by atoms with Crippen LogP contribution in [0.15, 0.2) is 36.0 Å². The molecule has 48 heavy (non-hydrogen) atoms. The standard InChI is InChI=1S/C39H57F2NO6/c1-9-10-34-47-33-18-28-29-17-30(40)26-15-22(4)11-12-27(26)38(29,41)31(43)19-37(28,8)39(33,48-34)32(44)20-46-35(45)36(6,7)24-13-23(5)14-25(16-24)42-21(2)3/h11-12,15,21,23-25,27-31,33-34,42-43H,4,9-10,13-14,16-20H2,1-3,5-8H3/t23?,24?,25-,27?,28-,29-,30-,31-,33+,34?,37-,38-,39+/m0/s1. The third-order valence-corrected chi connectivity index (χ3v) is 13.2. The molecule has 0 aromatic rings. The third kappa shape index (κ3) is 5.48. The van der Waals surface area contributed by atoms with E-state index in [2.05, 4.69) is 32.7 Å². The van der Waals surface area contributed by atoms with Crippen molar-refractivity contribution in [2.24, 2.45) is 40.4 Å². The predicted molar refractivity (Wildman–Crippen MR) is 179 cm³/mol. The topological polar surface area (TPSA) is 94.1 Å². The molecule has 0 radical (unpaired) electrons. The lowest BCUT2D eigenvalue weighted by atomic mass is 9.48. The van der Waals surface area contributed by atoms with Crippen molar-refractivity contribution in [2.75, 3.05) is 6.61 Å². The summed E-state index contributed by atoms with van der Waals surface area (Å²) in [5, 5.41) is 15.4. The summed E-state index contributed by atoms with van der Waals surface area (Å²) >= 11 is 0. The number of ketones is 1. The van der Waals surface area contributed by atoms with E-state index in [0.29, 0.717) is 42.0 Å². The van der Waals surface area contributed by atoms with Crippen LogP contribution >= 0.6 is 0 Å². The van der Waals surface area contributed by atoms with Gasteiger partial charge in [-0.25, -0.2) is 8.78 Å². The van der Waals surface area contributed by atoms with Gasteiger partial charge in [-0.1, -0.05) is 65.8 Å². The molecule has 1 saturated heterocycles. The highest BCUT2D eigenvalue weighted by Gasteiger charge is 2.78. The number of nitrogens with one attached hydrogen (secondary N) is 1. The van der Waals surface area contributed by atoms with Crippen molar-refractivity contribution in [3.05, 3.63) is 36.0 Å². The van der Waals surface area contributed by atoms with E-state index in [4.69, 9.17) is 14.2 Å². The largest absolute Gasteiger partial charge is 0.457 e. The second kappa shape index (κ2) is 12.7. The molecule has 6 aliphatic rings. The summed E-state index contributed by atoms with van der Waals surface area (Å²) < 4.78 is 52.2. The highest BCUT2D eigenvalue weighted by Crippen LogP contribution is 2.70. The van der Waals surface area contributed by atoms with Gasteiger partial charge >= 0.3 is 5.97 Å². The number of halogens is 2. The number of allylic oxidation sites excluding steroid dienone is 5. The number of hydrogen-bond acceptors (Lipinski definition) is 7. The molecule has 268 valence electrons. The molecule has 0 spiro atoms. The van der Waals surface area contributed by atoms with Crippen molar-refractivity contribution < 1.29 is 37.7 Å². The van der Waals surface area contributed by atoms with E-state index in [0.717, 1.165) is 25.7 Å². The molecule has 0 aromatic heterocycles. The maximum atomic E-state index is 17.5. The van der Waals surface area contributed by atoms with Gasteiger partial charge in [0, 0.05) is 29.3 Å². The molecule has 1 aliphatic heterocycles. The zero-order valence-electron chi connectivity index (χ0n) is 29.9. The number of esters is 1. The molecule has 7 nitrogen and oxygen atoms in total. The summed E-state index contributed by atoms with van der Waals surface area (Å²) in [6.07, 6.45) is 4.92. The Bertz CT molecular complexity index is 1360. The first-order valence-electron chi connectivity index (χ1n) is 18.4. The number of carbonyl (C=O) groups excluding carboxylic acids is 2. The summed E-state index contributed by atoms with van der Waals surface area (Å²) in [6.45, 7) is 17.5. The van der Waals surface area contributed by atoms with Crippen LogP contribution in [0, 0.1) is 40.4 Å². The van der Waals surface area contributed by atoms with E-state index in [1.54, 1.807) is 18.2 Å². The van der Waals surface area contributed by atoms with Crippen LogP contribution in [0.4, 0.5) is 8.78 Å². The number of hydrogen-bond donors (Lipinski definition) is 2. The second-order valence-corrected chi connectivity index (χ2v) is 17.1. The number of Topliss-reactive ketones (excluding diaryl/α,β-unsaturated/α-hetero) is 1. The number of aliphatic hydroxyl groups is 1. The second-order valence-electron chi connectivity index (χ2n) is 17.1. The van der Waals surface area contributed by atoms with Gasteiger partial charge in [-0.2, -0.15) is 0 Å². The van der Waals surface area contributed by atoms with E-state index in [-0.39, 0.29) is 18.8 Å². The van der Waals surface area contributed by atoms with Gasteiger partial charge in [-0.15, -0.1) is 0 Å². The van der Waals surface area contributed by atoms with Gasteiger partial charge in [0.1, 0.15) is 11.8 Å². The molecule has 4 saturated carbocycles. The monoisotopic (exact) mass is 673 g/mol. The lowest BCUT2D eigenvalue weighted by molar-refractivity contribution is -0.223. The maximum absolute atomic E-state index is 17.5. The van der Waals surface area contributed by atoms with Gasteiger partial charge in [-0.3, -0.25) is 9.59 Å². The first-order valence-corrected chi connectivity index (χ1v) is 18.4. The number of rotatable bonds is 9. The third-order valence-electron chi connectivity index (χ3n) is 13.2. The lowest BCUT2D eigenvalue weighted by Gasteiger charge is -2.59. The zero-order chi connectivity index (χ0) is 35.0. The average molecular weight is 674 g/mol. The van der Waals surface area contributed by atoms with Crippen molar-refractivity contribution in [3.63, 3.8) is 0 Å². The summed E-state index contributed by atoms with van der Waals surface area (Å²) in [4.78, 5) is 28.4. The molecule has 1 heterocycles. The molecule has 0 bridgehead atoms. The molecule has 9 heteroatoms. The number of carbonyl (C=O) groups is 2. The highest BCUT2D eigenvalue weighted by molar-refractivity contribution is 5.93. The van der Waals surface area contributed by atoms with Crippen LogP contribution in [-0.2, 0) is 23.8 Å². The fourth-order valence-electron chi connectivity index (χ4n) is 10.9. The van der Waals surface area contributed by atoms with Crippen molar-refractivity contribution in [3.8, 4) is 0 Å². The Labute approximate surface area is 285 Å². The van der Waals surface area contributed by atoms with Gasteiger partial charge in [0.15, 0.2) is 18.5 Å². The summed E-state index contributed by atoms with van der Waals surface area (Å²) in [7, 11) is 0. The van der Waals surface area contributed by atoms with Crippen molar-refractivity contribution in [1.82, 2.24) is 5.32 Å². The molecular weight excluding hydrogens is 616 g/mol. The van der Waals surface area contributed by atoms with E-state index in [1.807, 2.05) is 27.7 Å². The first-order chi connectivity index (χ1) is 22.5. The number of alkyl halides is 2. The lowest BCUT2D eigenvalue weighted by Crippen LogP contribution is -2.68. The first kappa shape index (κ1) is 35.9. The number of ether oxygens (including phenoxy) is 3. The molecule has 4 unspecified atom stereocenters. The summed E-state index contributed by atoms with van der Waals surface area (Å²) in [5.74, 6) is -2.62. The minimum absolute atomic E-state index is 0.0612. The fourth-order valence-corrected chi connectivity index (χ4v) is 10.9. The molecule has 13 atom stereocenters. The Morgan fingerprint density at radius 3 is 2.60 bits per heavy atom. The van der Waals surface area contributed by atoms with Crippen molar-refractivity contribution in [1.29, 1.82) is 0 Å². The van der Waals surface area contributed by atoms with Gasteiger partial charge < -0.3 is 24.6 Å². The highest BCUT2D eigenvalue weighted by atomic mass is 19.1. The zero-order valence-corrected chi connectivity index (χ0v) is 29.9. The number of fused-ring (bicyclic) bond motifs is 7. The van der Waals surface area contributed by atoms with Crippen LogP contribution in [0.25, 0.3) is 0 Å². The van der Waals surface area contributed by atoms with Crippen LogP contribution in [0.1, 0.15) is 99.8 Å². The van der Waals surface area contributed by atoms with E-state index >= 15 is 8.78 Å². The fraction of sp³-hybridized carbons (Fsp3) is 0.795. The Morgan fingerprint density at radius 1 is 1.19 bits per heavy atom. The van der Waals surface area contributed by atoms with Crippen LogP contribution in [-0.4, -0.2) is 71.5 Å². The normalized spacial score (nSPS) is 45.2. The molecular formula is C39H57F2NO6. The van der Waals surface area contributed by atoms with Gasteiger partial charge in [0.25, 0.3) is 0 Å². The molecule has 5 aliphatic carbocycles. The smallest absolute Gasteiger partial charge is 0.312 e. The Balaban J connectivity index is 1.26. The van der Waals surface area contributed by atoms with Crippen LogP contribution in [0.2, 0.25) is 0 Å². The SMILES string of the molecule is C=C1C=CC2C(=C1)[C@@H](F)C[C@H]1[C@@H]3C[C@H]4OC(CCC)O[C@@]4(C(=O)COC(=O)C(C)(C)C4CC(C)C[C@H](NC(C)C)C4)[C@@]3(C)C[C@H](O)[C@]21F. The predicted octanol–water partition coefficient (Wildman–Crippen LogP) is 6.73. The average Bonchev–Trinajstić information content (AvgIpc) is 3.48. The minimum Gasteiger partial charge on any atom is -0.457 e. The molecule has 5 fully saturated rings. The van der Waals surface area contributed by atoms with Crippen LogP contribution < -0.4 is 5.32 Å². The van der Waals surface area contributed by atoms with E-state index in [9.17, 15) is 14.7 Å². The van der Waals surface area contributed by atoms with Crippen molar-refractivity contribution >= 4 is 11.8 Å². The van der Waals surface area contributed by atoms with Crippen LogP contribution in [0.5, 0.6) is 0 Å². The Morgan fingerprint density at radius 2 is 1.92 bits per heavy atom. The van der Waals surface area contributed by atoms with Gasteiger partial charge in [0.05, 0.1) is 17.6 Å². The Hall–Kier alpha value is -1.94. The van der Waals surface area contributed by atoms with Crippen molar-refractivity contribution in [2.45, 2.75) is 148 Å². The molecule has 2 N–H and O–H groups in total.